The van der Waals surface area contributed by atoms with Gasteiger partial charge >= 0.3 is 0 Å². The highest BCUT2D eigenvalue weighted by atomic mass is 35.5. The molecule has 0 spiro atoms. The van der Waals surface area contributed by atoms with E-state index in [4.69, 9.17) is 11.6 Å². The number of hydrogen-bond acceptors (Lipinski definition) is 1. The van der Waals surface area contributed by atoms with Crippen LogP contribution in [-0.4, -0.2) is 9.78 Å². The van der Waals surface area contributed by atoms with Crippen molar-refractivity contribution in [1.82, 2.24) is 9.78 Å². The first kappa shape index (κ1) is 8.32. The molecule has 3 heteroatoms. The van der Waals surface area contributed by atoms with Crippen LogP contribution in [-0.2, 0) is 0 Å². The average molecular weight is 192 g/mol. The first-order chi connectivity index (χ1) is 6.25. The Labute approximate surface area is 81.8 Å². The summed E-state index contributed by atoms with van der Waals surface area (Å²) < 4.78 is 1.76. The van der Waals surface area contributed by atoms with Crippen LogP contribution in [0, 0.1) is 6.92 Å². The topological polar surface area (TPSA) is 17.8 Å². The van der Waals surface area contributed by atoms with Crippen LogP contribution in [0.1, 0.15) is 5.69 Å². The smallest absolute Gasteiger partial charge is 0.0646 e. The second kappa shape index (κ2) is 3.23. The lowest BCUT2D eigenvalue weighted by molar-refractivity contribution is 0.872. The largest absolute Gasteiger partial charge is 0.241 e. The zero-order valence-electron chi connectivity index (χ0n) is 6.94. The maximum Gasteiger partial charge on any atom is 0.0646 e. The van der Waals surface area contributed by atoms with Crippen molar-refractivity contribution in [2.24, 2.45) is 0 Å². The molecule has 0 saturated carbocycles. The first-order valence-corrected chi connectivity index (χ1v) is 4.27. The molecule has 65 valence electrons. The molecule has 1 heterocycles. The standard InChI is InChI=1S/C10H8ClN2/c1-8-6-7-13(12-8)10-4-2-9(11)3-5-10/h2-7H,1H2. The molecule has 2 nitrogen and oxygen atoms in total. The van der Waals surface area contributed by atoms with Crippen LogP contribution in [0.15, 0.2) is 36.5 Å². The van der Waals surface area contributed by atoms with Crippen LogP contribution in [0.2, 0.25) is 5.02 Å². The Bertz CT molecular complexity index is 403. The van der Waals surface area contributed by atoms with Gasteiger partial charge < -0.3 is 0 Å². The van der Waals surface area contributed by atoms with Crippen LogP contribution in [0.25, 0.3) is 5.69 Å². The molecule has 0 N–H and O–H groups in total. The number of halogens is 1. The van der Waals surface area contributed by atoms with Gasteiger partial charge in [-0.1, -0.05) is 11.6 Å². The molecule has 0 bridgehead atoms. The summed E-state index contributed by atoms with van der Waals surface area (Å²) in [4.78, 5) is 0. The Balaban J connectivity index is 2.41. The summed E-state index contributed by atoms with van der Waals surface area (Å²) in [5, 5.41) is 4.90. The van der Waals surface area contributed by atoms with Gasteiger partial charge in [-0.2, -0.15) is 5.10 Å². The summed E-state index contributed by atoms with van der Waals surface area (Å²) in [6, 6.07) is 9.35. The molecule has 0 unspecified atom stereocenters. The highest BCUT2D eigenvalue weighted by Gasteiger charge is 1.96. The molecule has 0 fully saturated rings. The molecule has 2 rings (SSSR count). The number of rotatable bonds is 1. The fourth-order valence-electron chi connectivity index (χ4n) is 1.10. The highest BCUT2D eigenvalue weighted by Crippen LogP contribution is 2.12. The van der Waals surface area contributed by atoms with E-state index in [1.54, 1.807) is 4.68 Å². The quantitative estimate of drug-likeness (QED) is 0.678. The number of nitrogens with zero attached hydrogens (tertiary/aromatic N) is 2. The SMILES string of the molecule is [CH2]c1ccn(-c2ccc(Cl)cc2)n1. The third kappa shape index (κ3) is 1.73. The van der Waals surface area contributed by atoms with Crippen LogP contribution in [0.3, 0.4) is 0 Å². The molecule has 13 heavy (non-hydrogen) atoms. The van der Waals surface area contributed by atoms with Crippen LogP contribution in [0.4, 0.5) is 0 Å². The summed E-state index contributed by atoms with van der Waals surface area (Å²) in [5.74, 6) is 0. The molecule has 0 aliphatic rings. The van der Waals surface area contributed by atoms with E-state index in [-0.39, 0.29) is 0 Å². The Morgan fingerprint density at radius 1 is 1.15 bits per heavy atom. The number of benzene rings is 1. The molecule has 0 amide bonds. The van der Waals surface area contributed by atoms with Crippen LogP contribution >= 0.6 is 11.6 Å². The Kier molecular flexibility index (Phi) is 2.07. The Morgan fingerprint density at radius 3 is 2.38 bits per heavy atom. The van der Waals surface area contributed by atoms with Gasteiger partial charge in [-0.05, 0) is 37.3 Å². The maximum atomic E-state index is 5.76. The molecule has 1 aromatic heterocycles. The lowest BCUT2D eigenvalue weighted by atomic mass is 10.3. The van der Waals surface area contributed by atoms with Crippen LogP contribution in [0.5, 0.6) is 0 Å². The van der Waals surface area contributed by atoms with E-state index in [0.29, 0.717) is 0 Å². The van der Waals surface area contributed by atoms with Gasteiger partial charge in [-0.3, -0.25) is 0 Å². The summed E-state index contributed by atoms with van der Waals surface area (Å²) in [6.45, 7) is 3.73. The summed E-state index contributed by atoms with van der Waals surface area (Å²) >= 11 is 5.76. The third-order valence-electron chi connectivity index (χ3n) is 1.74. The van der Waals surface area contributed by atoms with E-state index in [0.717, 1.165) is 16.4 Å². The second-order valence-electron chi connectivity index (χ2n) is 2.73. The predicted octanol–water partition coefficient (Wildman–Crippen LogP) is 2.71. The number of hydrogen-bond donors (Lipinski definition) is 0. The van der Waals surface area contributed by atoms with Crippen molar-refractivity contribution >= 4 is 11.6 Å². The van der Waals surface area contributed by atoms with Crippen molar-refractivity contribution in [3.8, 4) is 5.69 Å². The van der Waals surface area contributed by atoms with Crippen molar-refractivity contribution < 1.29 is 0 Å². The summed E-state index contributed by atoms with van der Waals surface area (Å²) in [5.41, 5.74) is 1.74. The fraction of sp³-hybridized carbons (Fsp3) is 0. The van der Waals surface area contributed by atoms with E-state index < -0.39 is 0 Å². The average Bonchev–Trinajstić information content (AvgIpc) is 2.53. The maximum absolute atomic E-state index is 5.76. The van der Waals surface area contributed by atoms with Crippen molar-refractivity contribution in [1.29, 1.82) is 0 Å². The molecule has 0 aliphatic carbocycles. The van der Waals surface area contributed by atoms with E-state index in [9.17, 15) is 0 Å². The minimum Gasteiger partial charge on any atom is -0.241 e. The Hall–Kier alpha value is -1.28. The first-order valence-electron chi connectivity index (χ1n) is 3.89. The van der Waals surface area contributed by atoms with Crippen molar-refractivity contribution in [3.05, 3.63) is 54.2 Å². The van der Waals surface area contributed by atoms with Crippen molar-refractivity contribution in [3.63, 3.8) is 0 Å². The molecule has 0 aliphatic heterocycles. The van der Waals surface area contributed by atoms with Gasteiger partial charge in [0.2, 0.25) is 0 Å². The molecular formula is C10H8ClN2. The zero-order valence-corrected chi connectivity index (χ0v) is 7.70. The van der Waals surface area contributed by atoms with Gasteiger partial charge in [0.1, 0.15) is 0 Å². The fourth-order valence-corrected chi connectivity index (χ4v) is 1.23. The molecule has 2 aromatic rings. The molecular weight excluding hydrogens is 184 g/mol. The predicted molar refractivity (Wildman–Crippen MR) is 53.0 cm³/mol. The van der Waals surface area contributed by atoms with Crippen molar-refractivity contribution in [2.45, 2.75) is 0 Å². The minimum absolute atomic E-state index is 0.728. The van der Waals surface area contributed by atoms with Gasteiger partial charge in [0.05, 0.1) is 11.4 Å². The summed E-state index contributed by atoms with van der Waals surface area (Å²) in [7, 11) is 0. The molecule has 1 radical (unpaired) electrons. The molecule has 1 aromatic carbocycles. The minimum atomic E-state index is 0.728. The van der Waals surface area contributed by atoms with Gasteiger partial charge in [-0.25, -0.2) is 4.68 Å². The monoisotopic (exact) mass is 191 g/mol. The van der Waals surface area contributed by atoms with Gasteiger partial charge in [0.25, 0.3) is 0 Å². The Morgan fingerprint density at radius 2 is 1.85 bits per heavy atom. The lowest BCUT2D eigenvalue weighted by Gasteiger charge is -1.99. The third-order valence-corrected chi connectivity index (χ3v) is 1.99. The number of aromatic nitrogens is 2. The van der Waals surface area contributed by atoms with Crippen LogP contribution < -0.4 is 0 Å². The molecule has 0 saturated heterocycles. The zero-order chi connectivity index (χ0) is 9.26. The molecule has 0 atom stereocenters. The second-order valence-corrected chi connectivity index (χ2v) is 3.16. The van der Waals surface area contributed by atoms with Gasteiger partial charge in [0.15, 0.2) is 0 Å². The van der Waals surface area contributed by atoms with E-state index in [1.807, 2.05) is 36.5 Å². The van der Waals surface area contributed by atoms with E-state index in [2.05, 4.69) is 12.0 Å². The van der Waals surface area contributed by atoms with Crippen molar-refractivity contribution in [2.75, 3.05) is 0 Å². The highest BCUT2D eigenvalue weighted by molar-refractivity contribution is 6.30. The van der Waals surface area contributed by atoms with E-state index >= 15 is 0 Å². The lowest BCUT2D eigenvalue weighted by Crippen LogP contribution is -1.93. The van der Waals surface area contributed by atoms with E-state index in [1.165, 1.54) is 0 Å². The van der Waals surface area contributed by atoms with Gasteiger partial charge in [-0.15, -0.1) is 0 Å². The summed E-state index contributed by atoms with van der Waals surface area (Å²) in [6.07, 6.45) is 1.87. The van der Waals surface area contributed by atoms with Gasteiger partial charge in [0, 0.05) is 11.2 Å². The normalized spacial score (nSPS) is 10.3.